The van der Waals surface area contributed by atoms with Gasteiger partial charge in [-0.05, 0) is 79.3 Å². The zero-order chi connectivity index (χ0) is 25.5. The number of rotatable bonds is 6. The van der Waals surface area contributed by atoms with Gasteiger partial charge in [0.25, 0.3) is 0 Å². The molecule has 0 saturated heterocycles. The molecule has 0 aromatic carbocycles. The van der Waals surface area contributed by atoms with Crippen molar-refractivity contribution in [3.05, 3.63) is 22.8 Å². The normalized spacial score (nSPS) is 36.8. The second-order valence-electron chi connectivity index (χ2n) is 11.8. The van der Waals surface area contributed by atoms with Gasteiger partial charge in [0.2, 0.25) is 0 Å². The van der Waals surface area contributed by atoms with Crippen LogP contribution in [-0.4, -0.2) is 37.2 Å². The number of hydrogen-bond donors (Lipinski definition) is 0. The van der Waals surface area contributed by atoms with Gasteiger partial charge in [-0.25, -0.2) is 0 Å². The molecule has 0 heterocycles. The number of carbonyl (C=O) groups is 3. The van der Waals surface area contributed by atoms with Crippen molar-refractivity contribution in [2.24, 2.45) is 28.6 Å². The second-order valence-corrected chi connectivity index (χ2v) is 11.8. The quantitative estimate of drug-likeness (QED) is 0.354. The highest BCUT2D eigenvalue weighted by molar-refractivity contribution is 5.69. The smallest absolute Gasteiger partial charge is 0.305 e. The Morgan fingerprint density at radius 3 is 2.49 bits per heavy atom. The fourth-order valence-electron chi connectivity index (χ4n) is 8.01. The van der Waals surface area contributed by atoms with Gasteiger partial charge >= 0.3 is 17.9 Å². The molecule has 1 saturated carbocycles. The van der Waals surface area contributed by atoms with Gasteiger partial charge in [0, 0.05) is 32.1 Å². The van der Waals surface area contributed by atoms with Crippen molar-refractivity contribution in [3.8, 4) is 0 Å². The molecule has 4 aliphatic carbocycles. The van der Waals surface area contributed by atoms with Crippen LogP contribution < -0.4 is 0 Å². The van der Waals surface area contributed by atoms with E-state index in [0.29, 0.717) is 24.2 Å². The molecule has 6 nitrogen and oxygen atoms in total. The largest absolute Gasteiger partial charge is 0.469 e. The summed E-state index contributed by atoms with van der Waals surface area (Å²) in [6.07, 6.45) is 10.0. The highest BCUT2D eigenvalue weighted by Gasteiger charge is 2.58. The third kappa shape index (κ3) is 4.58. The molecule has 1 fully saturated rings. The molecule has 6 heteroatoms. The standard InChI is InChI=1S/C29H42O6/c1-17(7-12-27(32)33-6)23-10-11-24-22-9-8-20-15-21(34-18(2)30)13-14-28(20,4)25(22)16-26(29(23,24)5)35-19(3)31/h11,17,20-21,23,26H,7-10,12-16H2,1-6H3/t17-,20-,21-,23-,26+,28+,29-/m1/s1. The molecule has 4 aliphatic rings. The Balaban J connectivity index is 1.65. The van der Waals surface area contributed by atoms with E-state index in [1.807, 2.05) is 0 Å². The number of ether oxygens (including phenoxy) is 3. The Labute approximate surface area is 209 Å². The first-order valence-electron chi connectivity index (χ1n) is 13.3. The Bertz CT molecular complexity index is 947. The van der Waals surface area contributed by atoms with Gasteiger partial charge in [0.1, 0.15) is 12.2 Å². The predicted molar refractivity (Wildman–Crippen MR) is 132 cm³/mol. The van der Waals surface area contributed by atoms with Crippen molar-refractivity contribution >= 4 is 17.9 Å². The minimum absolute atomic E-state index is 0.0107. The lowest BCUT2D eigenvalue weighted by atomic mass is 9.50. The van der Waals surface area contributed by atoms with Crippen molar-refractivity contribution < 1.29 is 28.6 Å². The molecule has 4 rings (SSSR count). The number of hydrogen-bond acceptors (Lipinski definition) is 6. The summed E-state index contributed by atoms with van der Waals surface area (Å²) in [5.41, 5.74) is 4.12. The van der Waals surface area contributed by atoms with Crippen LogP contribution in [0.2, 0.25) is 0 Å². The number of carbonyl (C=O) groups excluding carboxylic acids is 3. The van der Waals surface area contributed by atoms with E-state index in [-0.39, 0.29) is 40.9 Å². The fourth-order valence-corrected chi connectivity index (χ4v) is 8.01. The van der Waals surface area contributed by atoms with Crippen LogP contribution in [0.4, 0.5) is 0 Å². The first-order valence-corrected chi connectivity index (χ1v) is 13.3. The van der Waals surface area contributed by atoms with Crippen molar-refractivity contribution in [1.82, 2.24) is 0 Å². The fraction of sp³-hybridized carbons (Fsp3) is 0.759. The van der Waals surface area contributed by atoms with Crippen LogP contribution in [0, 0.1) is 28.6 Å². The number of methoxy groups -OCH3 is 1. The minimum Gasteiger partial charge on any atom is -0.469 e. The zero-order valence-electron chi connectivity index (χ0n) is 22.3. The summed E-state index contributed by atoms with van der Waals surface area (Å²) in [6, 6.07) is 0. The molecular formula is C29H42O6. The van der Waals surface area contributed by atoms with E-state index in [9.17, 15) is 14.4 Å². The lowest BCUT2D eigenvalue weighted by molar-refractivity contribution is -0.155. The molecule has 0 amide bonds. The van der Waals surface area contributed by atoms with Gasteiger partial charge < -0.3 is 14.2 Å². The van der Waals surface area contributed by atoms with Crippen molar-refractivity contribution in [2.45, 2.75) is 105 Å². The van der Waals surface area contributed by atoms with Crippen LogP contribution >= 0.6 is 0 Å². The molecule has 35 heavy (non-hydrogen) atoms. The molecule has 0 aliphatic heterocycles. The molecule has 0 spiro atoms. The van der Waals surface area contributed by atoms with Crippen LogP contribution in [0.3, 0.4) is 0 Å². The summed E-state index contributed by atoms with van der Waals surface area (Å²) in [7, 11) is 1.44. The SMILES string of the molecule is COC(=O)CC[C@@H](C)[C@H]1CC=C2C3=C(C[C@H](OC(C)=O)[C@@]21C)[C@@]1(C)CC[C@@H](OC(C)=O)C[C@H]1CC3. The van der Waals surface area contributed by atoms with Crippen LogP contribution in [0.25, 0.3) is 0 Å². The summed E-state index contributed by atoms with van der Waals surface area (Å²) in [4.78, 5) is 35.6. The van der Waals surface area contributed by atoms with Gasteiger partial charge in [0.15, 0.2) is 0 Å². The van der Waals surface area contributed by atoms with Gasteiger partial charge in [0.05, 0.1) is 7.11 Å². The van der Waals surface area contributed by atoms with Crippen LogP contribution in [0.5, 0.6) is 0 Å². The summed E-state index contributed by atoms with van der Waals surface area (Å²) < 4.78 is 16.6. The first-order chi connectivity index (χ1) is 16.5. The zero-order valence-corrected chi connectivity index (χ0v) is 22.3. The Hall–Kier alpha value is -2.11. The Kier molecular flexibility index (Phi) is 7.23. The second kappa shape index (κ2) is 9.74. The van der Waals surface area contributed by atoms with Crippen molar-refractivity contribution in [3.63, 3.8) is 0 Å². The number of fused-ring (bicyclic) bond motifs is 4. The van der Waals surface area contributed by atoms with E-state index >= 15 is 0 Å². The average molecular weight is 487 g/mol. The van der Waals surface area contributed by atoms with E-state index < -0.39 is 0 Å². The summed E-state index contributed by atoms with van der Waals surface area (Å²) in [5, 5.41) is 0. The molecule has 0 radical (unpaired) electrons. The van der Waals surface area contributed by atoms with Crippen molar-refractivity contribution in [2.75, 3.05) is 7.11 Å². The average Bonchev–Trinajstić information content (AvgIpc) is 3.16. The third-order valence-corrected chi connectivity index (χ3v) is 9.90. The molecule has 194 valence electrons. The van der Waals surface area contributed by atoms with E-state index in [2.05, 4.69) is 26.8 Å². The van der Waals surface area contributed by atoms with Crippen LogP contribution in [-0.2, 0) is 28.6 Å². The first kappa shape index (κ1) is 26.0. The van der Waals surface area contributed by atoms with Crippen molar-refractivity contribution in [1.29, 1.82) is 0 Å². The highest BCUT2D eigenvalue weighted by atomic mass is 16.5. The summed E-state index contributed by atoms with van der Waals surface area (Å²) in [5.74, 6) is 0.488. The van der Waals surface area contributed by atoms with Gasteiger partial charge in [-0.2, -0.15) is 0 Å². The lowest BCUT2D eigenvalue weighted by Crippen LogP contribution is -2.50. The van der Waals surface area contributed by atoms with E-state index in [4.69, 9.17) is 14.2 Å². The minimum atomic E-state index is -0.252. The van der Waals surface area contributed by atoms with E-state index in [0.717, 1.165) is 51.4 Å². The topological polar surface area (TPSA) is 78.9 Å². The van der Waals surface area contributed by atoms with Crippen LogP contribution in [0.15, 0.2) is 22.8 Å². The number of allylic oxidation sites excluding steroid dienone is 2. The van der Waals surface area contributed by atoms with Gasteiger partial charge in [-0.15, -0.1) is 0 Å². The Morgan fingerprint density at radius 2 is 1.83 bits per heavy atom. The molecule has 0 bridgehead atoms. The monoisotopic (exact) mass is 486 g/mol. The number of esters is 3. The van der Waals surface area contributed by atoms with Gasteiger partial charge in [-0.1, -0.05) is 32.4 Å². The summed E-state index contributed by atoms with van der Waals surface area (Å²) >= 11 is 0. The third-order valence-electron chi connectivity index (χ3n) is 9.90. The van der Waals surface area contributed by atoms with Crippen LogP contribution in [0.1, 0.15) is 92.4 Å². The maximum Gasteiger partial charge on any atom is 0.305 e. The molecule has 0 N–H and O–H groups in total. The molecule has 0 aromatic rings. The summed E-state index contributed by atoms with van der Waals surface area (Å²) in [6.45, 7) is 9.90. The van der Waals surface area contributed by atoms with Gasteiger partial charge in [-0.3, -0.25) is 14.4 Å². The maximum absolute atomic E-state index is 12.3. The van der Waals surface area contributed by atoms with E-state index in [1.165, 1.54) is 37.7 Å². The molecule has 0 aromatic heterocycles. The molecule has 0 unspecified atom stereocenters. The maximum atomic E-state index is 12.3. The predicted octanol–water partition coefficient (Wildman–Crippen LogP) is 5.69. The molecular weight excluding hydrogens is 444 g/mol. The molecule has 7 atom stereocenters. The van der Waals surface area contributed by atoms with E-state index in [1.54, 1.807) is 0 Å². The lowest BCUT2D eigenvalue weighted by Gasteiger charge is -2.55. The highest BCUT2D eigenvalue weighted by Crippen LogP contribution is 2.65. The Morgan fingerprint density at radius 1 is 1.11 bits per heavy atom.